The van der Waals surface area contributed by atoms with Crippen LogP contribution in [0.2, 0.25) is 5.15 Å². The predicted molar refractivity (Wildman–Crippen MR) is 120 cm³/mol. The summed E-state index contributed by atoms with van der Waals surface area (Å²) in [4.78, 5) is 36.1. The molecule has 158 valence electrons. The summed E-state index contributed by atoms with van der Waals surface area (Å²) < 4.78 is 0. The van der Waals surface area contributed by atoms with Crippen LogP contribution in [0.25, 0.3) is 10.9 Å². The number of rotatable bonds is 5. The zero-order valence-corrected chi connectivity index (χ0v) is 18.0. The van der Waals surface area contributed by atoms with Crippen molar-refractivity contribution in [1.82, 2.24) is 14.9 Å². The third kappa shape index (κ3) is 3.61. The Labute approximate surface area is 186 Å². The van der Waals surface area contributed by atoms with Gasteiger partial charge in [0.15, 0.2) is 0 Å². The van der Waals surface area contributed by atoms with Gasteiger partial charge in [-0.15, -0.1) is 0 Å². The molecule has 1 amide bonds. The van der Waals surface area contributed by atoms with Crippen molar-refractivity contribution < 1.29 is 9.59 Å². The van der Waals surface area contributed by atoms with Crippen molar-refractivity contribution in [3.63, 3.8) is 0 Å². The van der Waals surface area contributed by atoms with Crippen molar-refractivity contribution in [3.8, 4) is 0 Å². The van der Waals surface area contributed by atoms with Gasteiger partial charge in [-0.1, -0.05) is 43.0 Å². The summed E-state index contributed by atoms with van der Waals surface area (Å²) in [5.74, 6) is 0.0387. The van der Waals surface area contributed by atoms with Crippen LogP contribution in [0.5, 0.6) is 0 Å². The van der Waals surface area contributed by atoms with E-state index in [1.165, 1.54) is 6.42 Å². The van der Waals surface area contributed by atoms with E-state index < -0.39 is 0 Å². The van der Waals surface area contributed by atoms with Crippen molar-refractivity contribution in [2.24, 2.45) is 0 Å². The number of carbonyl (C=O) groups excluding carboxylic acids is 2. The zero-order chi connectivity index (χ0) is 21.4. The van der Waals surface area contributed by atoms with Crippen LogP contribution < -0.4 is 0 Å². The molecule has 0 radical (unpaired) electrons. The molecule has 1 aliphatic carbocycles. The Morgan fingerprint density at radius 1 is 1.13 bits per heavy atom. The number of hydrogen-bond acceptors (Lipinski definition) is 4. The van der Waals surface area contributed by atoms with E-state index in [1.807, 2.05) is 29.2 Å². The highest BCUT2D eigenvalue weighted by Gasteiger charge is 2.42. The molecule has 6 heteroatoms. The molecule has 31 heavy (non-hydrogen) atoms. The molecule has 1 atom stereocenters. The van der Waals surface area contributed by atoms with Gasteiger partial charge >= 0.3 is 0 Å². The van der Waals surface area contributed by atoms with E-state index in [1.54, 1.807) is 18.5 Å². The van der Waals surface area contributed by atoms with Crippen LogP contribution in [0.3, 0.4) is 0 Å². The summed E-state index contributed by atoms with van der Waals surface area (Å²) in [5.41, 5.74) is 4.50. The van der Waals surface area contributed by atoms with E-state index in [0.717, 1.165) is 59.6 Å². The van der Waals surface area contributed by atoms with Gasteiger partial charge < -0.3 is 9.69 Å². The molecule has 1 saturated carbocycles. The molecule has 0 spiro atoms. The summed E-state index contributed by atoms with van der Waals surface area (Å²) in [6.07, 6.45) is 10.9. The minimum Gasteiger partial charge on any atom is -0.328 e. The normalized spacial score (nSPS) is 19.1. The molecule has 1 aliphatic heterocycles. The SMILES string of the molecule is O=CCC1c2c(cc(Cc3ccc(Cl)nc3)c3cccnc23)C(=O)N1C1CCCCC1. The van der Waals surface area contributed by atoms with Crippen molar-refractivity contribution >= 4 is 34.7 Å². The van der Waals surface area contributed by atoms with E-state index in [0.29, 0.717) is 23.6 Å². The highest BCUT2D eigenvalue weighted by Crippen LogP contribution is 2.44. The van der Waals surface area contributed by atoms with Gasteiger partial charge in [0.2, 0.25) is 0 Å². The molecule has 0 bridgehead atoms. The van der Waals surface area contributed by atoms with Crippen LogP contribution in [0.15, 0.2) is 42.7 Å². The quantitative estimate of drug-likeness (QED) is 0.405. The Morgan fingerprint density at radius 3 is 2.71 bits per heavy atom. The molecule has 2 aliphatic rings. The maximum atomic E-state index is 13.6. The van der Waals surface area contributed by atoms with Gasteiger partial charge in [0.25, 0.3) is 5.91 Å². The molecule has 5 rings (SSSR count). The first-order valence-electron chi connectivity index (χ1n) is 10.9. The first-order valence-corrected chi connectivity index (χ1v) is 11.3. The molecule has 2 aromatic heterocycles. The molecule has 3 aromatic rings. The Hall–Kier alpha value is -2.79. The maximum absolute atomic E-state index is 13.6. The molecule has 5 nitrogen and oxygen atoms in total. The van der Waals surface area contributed by atoms with E-state index in [-0.39, 0.29) is 18.0 Å². The lowest BCUT2D eigenvalue weighted by Gasteiger charge is -2.35. The minimum atomic E-state index is -0.230. The van der Waals surface area contributed by atoms with Crippen LogP contribution in [-0.4, -0.2) is 33.1 Å². The lowest BCUT2D eigenvalue weighted by Crippen LogP contribution is -2.39. The van der Waals surface area contributed by atoms with Gasteiger partial charge in [-0.2, -0.15) is 0 Å². The average molecular weight is 434 g/mol. The second kappa shape index (κ2) is 8.39. The Morgan fingerprint density at radius 2 is 1.97 bits per heavy atom. The summed E-state index contributed by atoms with van der Waals surface area (Å²) in [6, 6.07) is 9.68. The van der Waals surface area contributed by atoms with Gasteiger partial charge in [-0.05, 0) is 48.6 Å². The summed E-state index contributed by atoms with van der Waals surface area (Å²) >= 11 is 5.94. The van der Waals surface area contributed by atoms with Crippen LogP contribution in [0, 0.1) is 0 Å². The molecular weight excluding hydrogens is 410 g/mol. The van der Waals surface area contributed by atoms with E-state index in [4.69, 9.17) is 11.6 Å². The standard InChI is InChI=1S/C25H24ClN3O2/c26-22-9-8-16(15-28-22)13-17-14-20-23(24-19(17)7-4-11-27-24)21(10-12-30)29(25(20)31)18-5-2-1-3-6-18/h4,7-9,11-12,14-15,18,21H,1-3,5-6,10,13H2. The number of halogens is 1. The number of pyridine rings is 2. The maximum Gasteiger partial charge on any atom is 0.255 e. The van der Waals surface area contributed by atoms with Gasteiger partial charge in [-0.3, -0.25) is 9.78 Å². The van der Waals surface area contributed by atoms with Crippen molar-refractivity contribution in [1.29, 1.82) is 0 Å². The number of benzene rings is 1. The second-order valence-corrected chi connectivity index (χ2v) is 8.87. The molecule has 0 saturated heterocycles. The van der Waals surface area contributed by atoms with Gasteiger partial charge in [-0.25, -0.2) is 4.98 Å². The van der Waals surface area contributed by atoms with E-state index >= 15 is 0 Å². The predicted octanol–water partition coefficient (Wildman–Crippen LogP) is 5.29. The smallest absolute Gasteiger partial charge is 0.255 e. The fourth-order valence-electron chi connectivity index (χ4n) is 5.25. The van der Waals surface area contributed by atoms with Crippen LogP contribution in [0.1, 0.15) is 71.6 Å². The minimum absolute atomic E-state index is 0.0387. The molecule has 3 heterocycles. The molecular formula is C25H24ClN3O2. The Bertz CT molecular complexity index is 1140. The van der Waals surface area contributed by atoms with Crippen molar-refractivity contribution in [3.05, 3.63) is 70.1 Å². The third-order valence-electron chi connectivity index (χ3n) is 6.62. The van der Waals surface area contributed by atoms with Crippen molar-refractivity contribution in [2.75, 3.05) is 0 Å². The van der Waals surface area contributed by atoms with Crippen LogP contribution in [-0.2, 0) is 11.2 Å². The largest absolute Gasteiger partial charge is 0.328 e. The highest BCUT2D eigenvalue weighted by atomic mass is 35.5. The fraction of sp³-hybridized carbons (Fsp3) is 0.360. The fourth-order valence-corrected chi connectivity index (χ4v) is 5.36. The number of carbonyl (C=O) groups is 2. The van der Waals surface area contributed by atoms with Crippen molar-refractivity contribution in [2.45, 2.75) is 57.0 Å². The summed E-state index contributed by atoms with van der Waals surface area (Å²) in [7, 11) is 0. The number of nitrogens with zero attached hydrogens (tertiary/aromatic N) is 3. The van der Waals surface area contributed by atoms with Gasteiger partial charge in [0.1, 0.15) is 11.4 Å². The first kappa shape index (κ1) is 20.1. The number of aromatic nitrogens is 2. The van der Waals surface area contributed by atoms with Gasteiger partial charge in [0.05, 0.1) is 11.6 Å². The third-order valence-corrected chi connectivity index (χ3v) is 6.85. The topological polar surface area (TPSA) is 63.2 Å². The highest BCUT2D eigenvalue weighted by molar-refractivity contribution is 6.29. The monoisotopic (exact) mass is 433 g/mol. The Kier molecular flexibility index (Phi) is 5.45. The first-order chi connectivity index (χ1) is 15.2. The lowest BCUT2D eigenvalue weighted by atomic mass is 9.91. The second-order valence-electron chi connectivity index (χ2n) is 8.48. The molecule has 0 N–H and O–H groups in total. The van der Waals surface area contributed by atoms with Gasteiger partial charge in [0, 0.05) is 41.4 Å². The molecule has 1 aromatic carbocycles. The number of fused-ring (bicyclic) bond motifs is 3. The Balaban J connectivity index is 1.64. The summed E-state index contributed by atoms with van der Waals surface area (Å²) in [6.45, 7) is 0. The van der Waals surface area contributed by atoms with E-state index in [9.17, 15) is 9.59 Å². The number of amides is 1. The van der Waals surface area contributed by atoms with E-state index in [2.05, 4.69) is 9.97 Å². The van der Waals surface area contributed by atoms with Crippen LogP contribution in [0.4, 0.5) is 0 Å². The zero-order valence-electron chi connectivity index (χ0n) is 17.3. The lowest BCUT2D eigenvalue weighted by molar-refractivity contribution is -0.108. The molecule has 1 fully saturated rings. The number of hydrogen-bond donors (Lipinski definition) is 0. The average Bonchev–Trinajstić information content (AvgIpc) is 3.08. The summed E-state index contributed by atoms with van der Waals surface area (Å²) in [5, 5.41) is 1.48. The molecule has 1 unspecified atom stereocenters. The number of aldehydes is 1. The van der Waals surface area contributed by atoms with Crippen LogP contribution >= 0.6 is 11.6 Å².